The van der Waals surface area contributed by atoms with E-state index in [1.807, 2.05) is 60.7 Å². The lowest BCUT2D eigenvalue weighted by atomic mass is 10.2. The molecule has 126 valence electrons. The van der Waals surface area contributed by atoms with Crippen LogP contribution in [0, 0.1) is 10.1 Å². The largest absolute Gasteiger partial charge is 0.455 e. The van der Waals surface area contributed by atoms with Crippen LogP contribution in [0.15, 0.2) is 72.8 Å². The number of benzene rings is 2. The standard InChI is InChI=1S/C19H16N2O4/c22-19(25-14-16-9-5-2-6-10-16)17-11-12-18(21(23)24)20(17)13-15-7-3-1-4-8-15/h1-12H,13-14H2. The van der Waals surface area contributed by atoms with Crippen LogP contribution in [0.5, 0.6) is 0 Å². The minimum Gasteiger partial charge on any atom is -0.455 e. The number of carbonyl (C=O) groups is 1. The fourth-order valence-corrected chi connectivity index (χ4v) is 2.52. The predicted octanol–water partition coefficient (Wildman–Crippen LogP) is 3.80. The number of nitro groups is 1. The Balaban J connectivity index is 1.82. The Morgan fingerprint density at radius 2 is 1.52 bits per heavy atom. The van der Waals surface area contributed by atoms with Crippen LogP contribution < -0.4 is 0 Å². The topological polar surface area (TPSA) is 74.4 Å². The van der Waals surface area contributed by atoms with Crippen LogP contribution >= 0.6 is 0 Å². The van der Waals surface area contributed by atoms with E-state index in [-0.39, 0.29) is 24.7 Å². The molecule has 3 aromatic rings. The fourth-order valence-electron chi connectivity index (χ4n) is 2.52. The van der Waals surface area contributed by atoms with Crippen LogP contribution in [0.1, 0.15) is 21.6 Å². The van der Waals surface area contributed by atoms with E-state index in [0.717, 1.165) is 11.1 Å². The van der Waals surface area contributed by atoms with Crippen molar-refractivity contribution in [1.82, 2.24) is 4.57 Å². The molecule has 0 unspecified atom stereocenters. The number of carbonyl (C=O) groups excluding carboxylic acids is 1. The maximum absolute atomic E-state index is 12.4. The number of hydrogen-bond acceptors (Lipinski definition) is 4. The molecule has 0 aliphatic heterocycles. The molecule has 1 heterocycles. The monoisotopic (exact) mass is 336 g/mol. The number of ether oxygens (including phenoxy) is 1. The average molecular weight is 336 g/mol. The molecule has 0 saturated carbocycles. The molecule has 3 rings (SSSR count). The Bertz CT molecular complexity index is 873. The third-order valence-corrected chi connectivity index (χ3v) is 3.75. The summed E-state index contributed by atoms with van der Waals surface area (Å²) in [7, 11) is 0. The SMILES string of the molecule is O=C(OCc1ccccc1)c1ccc([N+](=O)[O-])n1Cc1ccccc1. The van der Waals surface area contributed by atoms with Gasteiger partial charge >= 0.3 is 11.8 Å². The van der Waals surface area contributed by atoms with Crippen molar-refractivity contribution in [3.8, 4) is 0 Å². The van der Waals surface area contributed by atoms with Crippen LogP contribution in [0.3, 0.4) is 0 Å². The molecule has 0 amide bonds. The highest BCUT2D eigenvalue weighted by molar-refractivity contribution is 5.88. The summed E-state index contributed by atoms with van der Waals surface area (Å²) in [4.78, 5) is 23.2. The summed E-state index contributed by atoms with van der Waals surface area (Å²) in [5.41, 5.74) is 1.87. The Hall–Kier alpha value is -3.41. The normalized spacial score (nSPS) is 10.4. The molecule has 0 N–H and O–H groups in total. The van der Waals surface area contributed by atoms with Gasteiger partial charge in [-0.2, -0.15) is 0 Å². The van der Waals surface area contributed by atoms with Crippen LogP contribution in [0.25, 0.3) is 0 Å². The van der Waals surface area contributed by atoms with E-state index in [0.29, 0.717) is 0 Å². The minimum absolute atomic E-state index is 0.115. The highest BCUT2D eigenvalue weighted by Gasteiger charge is 2.25. The number of nitrogens with zero attached hydrogens (tertiary/aromatic N) is 2. The van der Waals surface area contributed by atoms with Gasteiger partial charge in [0.15, 0.2) is 0 Å². The van der Waals surface area contributed by atoms with E-state index >= 15 is 0 Å². The number of esters is 1. The second kappa shape index (κ2) is 7.44. The lowest BCUT2D eigenvalue weighted by Gasteiger charge is -2.07. The summed E-state index contributed by atoms with van der Waals surface area (Å²) in [5.74, 6) is -0.733. The second-order valence-electron chi connectivity index (χ2n) is 5.47. The van der Waals surface area contributed by atoms with Crippen molar-refractivity contribution in [2.75, 3.05) is 0 Å². The maximum atomic E-state index is 12.4. The van der Waals surface area contributed by atoms with Crippen LogP contribution in [0.2, 0.25) is 0 Å². The third kappa shape index (κ3) is 3.92. The first kappa shape index (κ1) is 16.4. The zero-order chi connectivity index (χ0) is 17.6. The average Bonchev–Trinajstić information content (AvgIpc) is 3.05. The molecule has 0 atom stereocenters. The zero-order valence-electron chi connectivity index (χ0n) is 13.4. The van der Waals surface area contributed by atoms with Crippen molar-refractivity contribution in [1.29, 1.82) is 0 Å². The molecule has 2 aromatic carbocycles. The van der Waals surface area contributed by atoms with Gasteiger partial charge in [-0.3, -0.25) is 0 Å². The molecule has 0 radical (unpaired) electrons. The van der Waals surface area contributed by atoms with E-state index in [4.69, 9.17) is 4.74 Å². The van der Waals surface area contributed by atoms with E-state index in [2.05, 4.69) is 0 Å². The Labute approximate surface area is 144 Å². The van der Waals surface area contributed by atoms with Crippen molar-refractivity contribution in [2.45, 2.75) is 13.2 Å². The molecule has 1 aromatic heterocycles. The molecular formula is C19H16N2O4. The summed E-state index contributed by atoms with van der Waals surface area (Å²) in [6.07, 6.45) is 0. The maximum Gasteiger partial charge on any atom is 0.378 e. The Morgan fingerprint density at radius 3 is 2.12 bits per heavy atom. The first-order chi connectivity index (χ1) is 12.1. The second-order valence-corrected chi connectivity index (χ2v) is 5.47. The highest BCUT2D eigenvalue weighted by atomic mass is 16.6. The van der Waals surface area contributed by atoms with Gasteiger partial charge in [-0.05, 0) is 16.1 Å². The smallest absolute Gasteiger partial charge is 0.378 e. The first-order valence-electron chi connectivity index (χ1n) is 7.74. The lowest BCUT2D eigenvalue weighted by Crippen LogP contribution is -2.14. The summed E-state index contributed by atoms with van der Waals surface area (Å²) >= 11 is 0. The van der Waals surface area contributed by atoms with Gasteiger partial charge in [-0.25, -0.2) is 9.36 Å². The van der Waals surface area contributed by atoms with Gasteiger partial charge < -0.3 is 14.9 Å². The molecule has 0 saturated heterocycles. The van der Waals surface area contributed by atoms with E-state index < -0.39 is 10.9 Å². The number of hydrogen-bond donors (Lipinski definition) is 0. The Morgan fingerprint density at radius 1 is 0.920 bits per heavy atom. The fraction of sp³-hybridized carbons (Fsp3) is 0.105. The minimum atomic E-state index is -0.590. The van der Waals surface area contributed by atoms with Gasteiger partial charge in [-0.15, -0.1) is 0 Å². The van der Waals surface area contributed by atoms with Crippen molar-refractivity contribution in [3.63, 3.8) is 0 Å². The summed E-state index contributed by atoms with van der Waals surface area (Å²) in [6, 6.07) is 21.3. The molecule has 0 spiro atoms. The summed E-state index contributed by atoms with van der Waals surface area (Å²) in [6.45, 7) is 0.337. The molecule has 6 heteroatoms. The van der Waals surface area contributed by atoms with E-state index in [1.54, 1.807) is 0 Å². The van der Waals surface area contributed by atoms with Crippen molar-refractivity contribution in [2.24, 2.45) is 0 Å². The van der Waals surface area contributed by atoms with Gasteiger partial charge in [0, 0.05) is 12.1 Å². The molecule has 6 nitrogen and oxygen atoms in total. The highest BCUT2D eigenvalue weighted by Crippen LogP contribution is 2.20. The zero-order valence-corrected chi connectivity index (χ0v) is 13.4. The molecule has 0 aliphatic rings. The van der Waals surface area contributed by atoms with Crippen molar-refractivity contribution < 1.29 is 14.5 Å². The van der Waals surface area contributed by atoms with Gasteiger partial charge in [0.05, 0.1) is 0 Å². The quantitative estimate of drug-likeness (QED) is 0.390. The lowest BCUT2D eigenvalue weighted by molar-refractivity contribution is -0.392. The molecule has 0 fully saturated rings. The van der Waals surface area contributed by atoms with E-state index in [1.165, 1.54) is 16.7 Å². The van der Waals surface area contributed by atoms with Crippen LogP contribution in [-0.2, 0) is 17.9 Å². The molecule has 0 bridgehead atoms. The van der Waals surface area contributed by atoms with Crippen molar-refractivity contribution in [3.05, 3.63) is 99.7 Å². The summed E-state index contributed by atoms with van der Waals surface area (Å²) in [5, 5.41) is 11.3. The third-order valence-electron chi connectivity index (χ3n) is 3.75. The number of aromatic nitrogens is 1. The molecular weight excluding hydrogens is 320 g/mol. The molecule has 25 heavy (non-hydrogen) atoms. The number of rotatable bonds is 6. The van der Waals surface area contributed by atoms with Gasteiger partial charge in [0.1, 0.15) is 13.2 Å². The van der Waals surface area contributed by atoms with E-state index in [9.17, 15) is 14.9 Å². The predicted molar refractivity (Wildman–Crippen MR) is 92.2 cm³/mol. The van der Waals surface area contributed by atoms with Crippen LogP contribution in [-0.4, -0.2) is 15.5 Å². The van der Waals surface area contributed by atoms with Crippen LogP contribution in [0.4, 0.5) is 5.82 Å². The van der Waals surface area contributed by atoms with Gasteiger partial charge in [0.2, 0.25) is 5.69 Å². The first-order valence-corrected chi connectivity index (χ1v) is 7.74. The summed E-state index contributed by atoms with van der Waals surface area (Å²) < 4.78 is 6.67. The van der Waals surface area contributed by atoms with Gasteiger partial charge in [0.25, 0.3) is 0 Å². The van der Waals surface area contributed by atoms with Gasteiger partial charge in [-0.1, -0.05) is 60.7 Å². The molecule has 0 aliphatic carbocycles. The van der Waals surface area contributed by atoms with Crippen molar-refractivity contribution >= 4 is 11.8 Å². The Kier molecular flexibility index (Phi) is 4.89.